The van der Waals surface area contributed by atoms with E-state index in [-0.39, 0.29) is 17.2 Å². The molecule has 0 saturated heterocycles. The third-order valence-electron chi connectivity index (χ3n) is 4.36. The predicted molar refractivity (Wildman–Crippen MR) is 118 cm³/mol. The number of rotatable bonds is 6. The second-order valence-electron chi connectivity index (χ2n) is 6.41. The molecule has 9 heteroatoms. The Hall–Kier alpha value is -2.91. The van der Waals surface area contributed by atoms with Gasteiger partial charge in [0.15, 0.2) is 11.6 Å². The fourth-order valence-corrected chi connectivity index (χ4v) is 4.31. The van der Waals surface area contributed by atoms with E-state index in [2.05, 4.69) is 9.71 Å². The number of pyridine rings is 2. The molecule has 4 rings (SSSR count). The van der Waals surface area contributed by atoms with Crippen molar-refractivity contribution in [3.05, 3.63) is 70.1 Å². The van der Waals surface area contributed by atoms with Crippen LogP contribution in [-0.2, 0) is 7.05 Å². The molecule has 1 N–H and O–H groups in total. The summed E-state index contributed by atoms with van der Waals surface area (Å²) in [5.41, 5.74) is 1.95. The average molecular weight is 446 g/mol. The molecule has 0 atom stereocenters. The quantitative estimate of drug-likeness (QED) is 0.380. The highest BCUT2D eigenvalue weighted by molar-refractivity contribution is 8.00. The highest BCUT2D eigenvalue weighted by atomic mass is 32.2. The molecule has 0 saturated carbocycles. The third-order valence-corrected chi connectivity index (χ3v) is 5.98. The summed E-state index contributed by atoms with van der Waals surface area (Å²) in [5, 5.41) is 2.43. The Morgan fingerprint density at radius 3 is 2.83 bits per heavy atom. The molecule has 0 spiro atoms. The number of hydrogen-bond donors (Lipinski definition) is 1. The van der Waals surface area contributed by atoms with E-state index < -0.39 is 11.6 Å². The summed E-state index contributed by atoms with van der Waals surface area (Å²) in [4.78, 5) is 16.8. The standard InChI is InChI=1S/C21H17F2N3O2S2/c1-3-30-25-13-9-15(16-11-26(2)21(27)14-6-7-29-19(14)16)20(24-10-13)28-18-5-4-12(22)8-17(18)23/h4-11,25H,3H2,1-2H3. The first kappa shape index (κ1) is 20.4. The number of ether oxygens (including phenoxy) is 1. The van der Waals surface area contributed by atoms with E-state index in [1.165, 1.54) is 33.9 Å². The van der Waals surface area contributed by atoms with Gasteiger partial charge in [-0.25, -0.2) is 13.8 Å². The SMILES string of the molecule is CCSNc1cnc(Oc2ccc(F)cc2F)c(-c2cn(C)c(=O)c3ccsc23)c1. The second kappa shape index (κ2) is 8.45. The molecule has 0 unspecified atom stereocenters. The third kappa shape index (κ3) is 3.90. The molecule has 0 aliphatic rings. The minimum Gasteiger partial charge on any atom is -0.435 e. The van der Waals surface area contributed by atoms with Crippen molar-refractivity contribution < 1.29 is 13.5 Å². The number of aryl methyl sites for hydroxylation is 1. The highest BCUT2D eigenvalue weighted by Crippen LogP contribution is 2.39. The zero-order valence-corrected chi connectivity index (χ0v) is 17.7. The fraction of sp³-hybridized carbons (Fsp3) is 0.143. The van der Waals surface area contributed by atoms with Crippen molar-refractivity contribution in [2.75, 3.05) is 10.5 Å². The number of aromatic nitrogens is 2. The summed E-state index contributed by atoms with van der Waals surface area (Å²) in [7, 11) is 1.67. The Kier molecular flexibility index (Phi) is 5.74. The fourth-order valence-electron chi connectivity index (χ4n) is 2.98. The van der Waals surface area contributed by atoms with Gasteiger partial charge in [-0.05, 0) is 29.6 Å². The van der Waals surface area contributed by atoms with E-state index in [1.807, 2.05) is 18.4 Å². The number of halogens is 2. The minimum atomic E-state index is -0.826. The maximum atomic E-state index is 14.2. The number of thiophene rings is 1. The van der Waals surface area contributed by atoms with Gasteiger partial charge in [0, 0.05) is 40.9 Å². The Morgan fingerprint density at radius 1 is 1.23 bits per heavy atom. The van der Waals surface area contributed by atoms with Crippen molar-refractivity contribution in [2.24, 2.45) is 7.05 Å². The van der Waals surface area contributed by atoms with Crippen LogP contribution in [0.1, 0.15) is 6.92 Å². The van der Waals surface area contributed by atoms with Crippen LogP contribution in [0.4, 0.5) is 14.5 Å². The van der Waals surface area contributed by atoms with Crippen LogP contribution in [0.15, 0.2) is 52.9 Å². The molecule has 4 aromatic rings. The molecule has 0 aliphatic heterocycles. The van der Waals surface area contributed by atoms with Gasteiger partial charge in [0.1, 0.15) is 5.82 Å². The lowest BCUT2D eigenvalue weighted by Gasteiger charge is -2.14. The molecular formula is C21H17F2N3O2S2. The summed E-state index contributed by atoms with van der Waals surface area (Å²) >= 11 is 2.93. The zero-order valence-electron chi connectivity index (χ0n) is 16.1. The Bertz CT molecular complexity index is 1290. The molecule has 3 heterocycles. The van der Waals surface area contributed by atoms with Gasteiger partial charge in [0.05, 0.1) is 17.3 Å². The monoisotopic (exact) mass is 445 g/mol. The molecule has 5 nitrogen and oxygen atoms in total. The summed E-state index contributed by atoms with van der Waals surface area (Å²) in [5.74, 6) is -0.652. The maximum Gasteiger partial charge on any atom is 0.259 e. The molecule has 3 aromatic heterocycles. The summed E-state index contributed by atoms with van der Waals surface area (Å²) in [6, 6.07) is 6.71. The molecule has 30 heavy (non-hydrogen) atoms. The molecule has 0 aliphatic carbocycles. The predicted octanol–water partition coefficient (Wildman–Crippen LogP) is 5.81. The Labute approximate surface area is 179 Å². The average Bonchev–Trinajstić information content (AvgIpc) is 3.22. The second-order valence-corrected chi connectivity index (χ2v) is 8.40. The first-order valence-corrected chi connectivity index (χ1v) is 10.9. The van der Waals surface area contributed by atoms with Gasteiger partial charge in [0.25, 0.3) is 5.56 Å². The van der Waals surface area contributed by atoms with Gasteiger partial charge >= 0.3 is 0 Å². The number of nitrogens with zero attached hydrogens (tertiary/aromatic N) is 2. The number of nitrogens with one attached hydrogen (secondary N) is 1. The number of anilines is 1. The van der Waals surface area contributed by atoms with Crippen molar-refractivity contribution in [1.29, 1.82) is 0 Å². The van der Waals surface area contributed by atoms with Crippen molar-refractivity contribution in [1.82, 2.24) is 9.55 Å². The van der Waals surface area contributed by atoms with E-state index in [0.717, 1.165) is 33.8 Å². The van der Waals surface area contributed by atoms with Crippen LogP contribution in [0.3, 0.4) is 0 Å². The summed E-state index contributed by atoms with van der Waals surface area (Å²) in [6.45, 7) is 2.02. The van der Waals surface area contributed by atoms with Crippen LogP contribution in [0, 0.1) is 11.6 Å². The van der Waals surface area contributed by atoms with E-state index >= 15 is 0 Å². The minimum absolute atomic E-state index is 0.106. The number of benzene rings is 1. The molecule has 1 aromatic carbocycles. The van der Waals surface area contributed by atoms with Crippen LogP contribution in [-0.4, -0.2) is 15.3 Å². The van der Waals surface area contributed by atoms with Gasteiger partial charge in [-0.2, -0.15) is 0 Å². The molecule has 0 amide bonds. The summed E-state index contributed by atoms with van der Waals surface area (Å²) < 4.78 is 38.7. The van der Waals surface area contributed by atoms with E-state index in [1.54, 1.807) is 25.5 Å². The van der Waals surface area contributed by atoms with E-state index in [0.29, 0.717) is 10.9 Å². The molecule has 0 radical (unpaired) electrons. The van der Waals surface area contributed by atoms with Gasteiger partial charge in [0.2, 0.25) is 5.88 Å². The van der Waals surface area contributed by atoms with E-state index in [4.69, 9.17) is 4.74 Å². The van der Waals surface area contributed by atoms with Gasteiger partial charge in [-0.1, -0.05) is 18.9 Å². The molecule has 0 fully saturated rings. The number of hydrogen-bond acceptors (Lipinski definition) is 6. The van der Waals surface area contributed by atoms with Crippen LogP contribution >= 0.6 is 23.3 Å². The van der Waals surface area contributed by atoms with Gasteiger partial charge in [-0.3, -0.25) is 4.79 Å². The molecule has 0 bridgehead atoms. The van der Waals surface area contributed by atoms with Crippen LogP contribution < -0.4 is 15.0 Å². The first-order valence-electron chi connectivity index (χ1n) is 9.06. The normalized spacial score (nSPS) is 11.1. The lowest BCUT2D eigenvalue weighted by atomic mass is 10.1. The molecular weight excluding hydrogens is 428 g/mol. The largest absolute Gasteiger partial charge is 0.435 e. The Morgan fingerprint density at radius 2 is 2.07 bits per heavy atom. The lowest BCUT2D eigenvalue weighted by molar-refractivity contribution is 0.425. The van der Waals surface area contributed by atoms with Gasteiger partial charge < -0.3 is 14.0 Å². The van der Waals surface area contributed by atoms with Crippen molar-refractivity contribution in [2.45, 2.75) is 6.92 Å². The summed E-state index contributed by atoms with van der Waals surface area (Å²) in [6.07, 6.45) is 3.29. The smallest absolute Gasteiger partial charge is 0.259 e. The lowest BCUT2D eigenvalue weighted by Crippen LogP contribution is -2.15. The van der Waals surface area contributed by atoms with Crippen LogP contribution in [0.5, 0.6) is 11.6 Å². The Balaban J connectivity index is 1.89. The molecule has 154 valence electrons. The van der Waals surface area contributed by atoms with Crippen LogP contribution in [0.2, 0.25) is 0 Å². The van der Waals surface area contributed by atoms with Gasteiger partial charge in [-0.15, -0.1) is 11.3 Å². The number of fused-ring (bicyclic) bond motifs is 1. The van der Waals surface area contributed by atoms with Crippen LogP contribution in [0.25, 0.3) is 21.2 Å². The highest BCUT2D eigenvalue weighted by Gasteiger charge is 2.18. The van der Waals surface area contributed by atoms with E-state index in [9.17, 15) is 13.6 Å². The topological polar surface area (TPSA) is 56.2 Å². The maximum absolute atomic E-state index is 14.2. The van der Waals surface area contributed by atoms with Crippen molar-refractivity contribution >= 4 is 39.1 Å². The van der Waals surface area contributed by atoms with Crippen molar-refractivity contribution in [3.8, 4) is 22.8 Å². The zero-order chi connectivity index (χ0) is 21.3. The van der Waals surface area contributed by atoms with Crippen molar-refractivity contribution in [3.63, 3.8) is 0 Å². The first-order chi connectivity index (χ1) is 14.5.